The second-order valence-electron chi connectivity index (χ2n) is 14.0. The van der Waals surface area contributed by atoms with Gasteiger partial charge < -0.3 is 30.0 Å². The van der Waals surface area contributed by atoms with E-state index in [1.165, 1.54) is 23.3 Å². The predicted molar refractivity (Wildman–Crippen MR) is 189 cm³/mol. The lowest BCUT2D eigenvalue weighted by atomic mass is 10.0. The molecular formula is C35H44N8O6S. The number of thiazole rings is 1. The van der Waals surface area contributed by atoms with E-state index in [0.717, 1.165) is 45.9 Å². The molecule has 3 atom stereocenters. The van der Waals surface area contributed by atoms with Crippen molar-refractivity contribution < 1.29 is 28.7 Å². The maximum Gasteiger partial charge on any atom is 0.410 e. The molecule has 0 saturated carbocycles. The maximum atomic E-state index is 13.5. The van der Waals surface area contributed by atoms with Crippen molar-refractivity contribution in [1.29, 1.82) is 0 Å². The number of ether oxygens (including phenoxy) is 2. The third-order valence-corrected chi connectivity index (χ3v) is 9.96. The Bertz CT molecular complexity index is 1840. The molecule has 0 aliphatic carbocycles. The molecule has 4 aromatic rings. The van der Waals surface area contributed by atoms with Gasteiger partial charge in [0.05, 0.1) is 36.1 Å². The Morgan fingerprint density at radius 1 is 1.00 bits per heavy atom. The fourth-order valence-corrected chi connectivity index (χ4v) is 7.41. The molecule has 3 aromatic heterocycles. The zero-order valence-electron chi connectivity index (χ0n) is 29.2. The third-order valence-electron chi connectivity index (χ3n) is 8.91. The van der Waals surface area contributed by atoms with Crippen LogP contribution >= 0.6 is 11.3 Å². The van der Waals surface area contributed by atoms with E-state index in [4.69, 9.17) is 9.47 Å². The minimum absolute atomic E-state index is 0.107. The third kappa shape index (κ3) is 7.47. The highest BCUT2D eigenvalue weighted by Gasteiger charge is 2.38. The van der Waals surface area contributed by atoms with Gasteiger partial charge in [-0.25, -0.2) is 19.6 Å². The second-order valence-corrected chi connectivity index (χ2v) is 15.0. The van der Waals surface area contributed by atoms with Crippen molar-refractivity contribution in [1.82, 2.24) is 34.5 Å². The summed E-state index contributed by atoms with van der Waals surface area (Å²) in [5.41, 5.74) is 2.17. The van der Waals surface area contributed by atoms with Crippen LogP contribution < -0.4 is 10.6 Å². The summed E-state index contributed by atoms with van der Waals surface area (Å²) < 4.78 is 12.1. The molecular weight excluding hydrogens is 661 g/mol. The number of nitrogens with zero attached hydrogens (tertiary/aromatic N) is 5. The normalized spacial score (nSPS) is 18.5. The number of hydrogen-bond donors (Lipinski definition) is 3. The Kier molecular flexibility index (Phi) is 9.87. The van der Waals surface area contributed by atoms with Gasteiger partial charge in [-0.3, -0.25) is 18.9 Å². The maximum absolute atomic E-state index is 13.5. The molecule has 0 radical (unpaired) electrons. The molecule has 2 aliphatic heterocycles. The number of carbonyl (C=O) groups is 4. The largest absolute Gasteiger partial charge is 0.453 e. The number of rotatable bonds is 8. The van der Waals surface area contributed by atoms with Gasteiger partial charge in [-0.05, 0) is 63.5 Å². The van der Waals surface area contributed by atoms with Crippen LogP contribution in [0.2, 0.25) is 0 Å². The van der Waals surface area contributed by atoms with Crippen LogP contribution in [0.15, 0.2) is 42.9 Å². The number of alkyl carbamates (subject to hydrolysis) is 1. The summed E-state index contributed by atoms with van der Waals surface area (Å²) >= 11 is 1.50. The summed E-state index contributed by atoms with van der Waals surface area (Å²) in [5.74, 6) is 0.606. The van der Waals surface area contributed by atoms with Crippen LogP contribution in [0.1, 0.15) is 72.2 Å². The van der Waals surface area contributed by atoms with Crippen molar-refractivity contribution in [3.05, 3.63) is 48.7 Å². The number of fused-ring (bicyclic) bond motifs is 1. The van der Waals surface area contributed by atoms with Crippen molar-refractivity contribution in [3.8, 4) is 21.7 Å². The number of aromatic nitrogens is 4. The summed E-state index contributed by atoms with van der Waals surface area (Å²) in [6.07, 6.45) is 7.33. The van der Waals surface area contributed by atoms with Crippen LogP contribution in [-0.4, -0.2) is 91.0 Å². The van der Waals surface area contributed by atoms with Crippen molar-refractivity contribution in [2.75, 3.05) is 25.5 Å². The quantitative estimate of drug-likeness (QED) is 0.206. The first-order chi connectivity index (χ1) is 23.8. The number of amides is 4. The molecule has 4 amide bonds. The molecule has 0 unspecified atom stereocenters. The van der Waals surface area contributed by atoms with Crippen molar-refractivity contribution in [2.24, 2.45) is 5.92 Å². The predicted octanol–water partition coefficient (Wildman–Crippen LogP) is 5.84. The van der Waals surface area contributed by atoms with Gasteiger partial charge in [-0.2, -0.15) is 0 Å². The Morgan fingerprint density at radius 2 is 1.70 bits per heavy atom. The number of benzene rings is 1. The first kappa shape index (κ1) is 34.9. The number of imidazole rings is 2. The lowest BCUT2D eigenvalue weighted by Gasteiger charge is -2.30. The summed E-state index contributed by atoms with van der Waals surface area (Å²) in [7, 11) is 1.28. The summed E-state index contributed by atoms with van der Waals surface area (Å²) in [4.78, 5) is 68.8. The summed E-state index contributed by atoms with van der Waals surface area (Å²) in [6.45, 7) is 10.3. The van der Waals surface area contributed by atoms with Gasteiger partial charge in [0.2, 0.25) is 11.8 Å². The molecule has 0 bridgehead atoms. The molecule has 15 heteroatoms. The van der Waals surface area contributed by atoms with Crippen LogP contribution in [0, 0.1) is 5.92 Å². The van der Waals surface area contributed by atoms with E-state index in [2.05, 4.69) is 25.6 Å². The van der Waals surface area contributed by atoms with Gasteiger partial charge in [0, 0.05) is 19.3 Å². The van der Waals surface area contributed by atoms with Gasteiger partial charge in [-0.1, -0.05) is 49.4 Å². The Morgan fingerprint density at radius 3 is 2.38 bits per heavy atom. The van der Waals surface area contributed by atoms with E-state index >= 15 is 0 Å². The number of likely N-dealkylation sites (tertiary alicyclic amines) is 2. The number of aromatic amines is 1. The van der Waals surface area contributed by atoms with Gasteiger partial charge in [0.25, 0.3) is 0 Å². The SMILES string of the molecule is COC(=O)N[C@H](C(=O)N1CCC[C@H]1c1ncc(-c2ccc(-c3cn4cc(NC(=O)[C@@H]5CCCN5C(=O)OC(C)(C)C)nc4s3)cc2)[nH]1)C(C)C. The first-order valence-corrected chi connectivity index (χ1v) is 17.7. The van der Waals surface area contributed by atoms with Gasteiger partial charge >= 0.3 is 12.2 Å². The Labute approximate surface area is 294 Å². The summed E-state index contributed by atoms with van der Waals surface area (Å²) in [6, 6.07) is 6.60. The topological polar surface area (TPSA) is 163 Å². The fraction of sp³-hybridized carbons (Fsp3) is 0.486. The molecule has 2 fully saturated rings. The zero-order chi connectivity index (χ0) is 35.7. The lowest BCUT2D eigenvalue weighted by Crippen LogP contribution is -2.51. The van der Waals surface area contributed by atoms with E-state index in [0.29, 0.717) is 31.2 Å². The van der Waals surface area contributed by atoms with E-state index in [1.54, 1.807) is 38.1 Å². The summed E-state index contributed by atoms with van der Waals surface area (Å²) in [5, 5.41) is 5.56. The molecule has 5 heterocycles. The minimum atomic E-state index is -0.691. The average molecular weight is 705 g/mol. The van der Waals surface area contributed by atoms with E-state index in [-0.39, 0.29) is 23.8 Å². The molecule has 1 aromatic carbocycles. The van der Waals surface area contributed by atoms with Crippen LogP contribution in [-0.2, 0) is 19.1 Å². The number of H-pyrrole nitrogens is 1. The van der Waals surface area contributed by atoms with Crippen molar-refractivity contribution in [2.45, 2.75) is 84.0 Å². The average Bonchev–Trinajstić information content (AvgIpc) is 3.89. The number of anilines is 1. The fourth-order valence-electron chi connectivity index (χ4n) is 6.44. The zero-order valence-corrected chi connectivity index (χ0v) is 30.0. The highest BCUT2D eigenvalue weighted by atomic mass is 32.1. The first-order valence-electron chi connectivity index (χ1n) is 16.9. The molecule has 6 rings (SSSR count). The van der Waals surface area contributed by atoms with Crippen LogP contribution in [0.3, 0.4) is 0 Å². The Hall–Kier alpha value is -4.92. The standard InChI is InChI=1S/C35H44N8O6S/c1-20(2)28(40-33(46)48-6)31(45)42-15-7-9-24(42)29-36-17-23(37-29)21-11-13-22(14-12-21)26-18-41-19-27(39-32(41)50-26)38-30(44)25-10-8-16-43(25)34(47)49-35(3,4)5/h11-14,17-20,24-25,28H,7-10,15-16H2,1-6H3,(H,36,37)(H,38,44)(H,40,46)/t24-,25-,28-/m0/s1. The Balaban J connectivity index is 1.10. The molecule has 14 nitrogen and oxygen atoms in total. The van der Waals surface area contributed by atoms with Crippen LogP contribution in [0.25, 0.3) is 26.7 Å². The van der Waals surface area contributed by atoms with Crippen LogP contribution in [0.5, 0.6) is 0 Å². The van der Waals surface area contributed by atoms with Gasteiger partial charge in [0.1, 0.15) is 23.5 Å². The monoisotopic (exact) mass is 704 g/mol. The number of hydrogen-bond acceptors (Lipinski definition) is 9. The highest BCUT2D eigenvalue weighted by Crippen LogP contribution is 2.34. The molecule has 266 valence electrons. The van der Waals surface area contributed by atoms with Crippen molar-refractivity contribution in [3.63, 3.8) is 0 Å². The van der Waals surface area contributed by atoms with Crippen LogP contribution in [0.4, 0.5) is 15.4 Å². The molecule has 0 spiro atoms. The van der Waals surface area contributed by atoms with E-state index in [1.807, 2.05) is 48.7 Å². The molecule has 2 saturated heterocycles. The smallest absolute Gasteiger partial charge is 0.410 e. The molecule has 2 aliphatic rings. The number of carbonyl (C=O) groups excluding carboxylic acids is 4. The number of methoxy groups -OCH3 is 1. The second kappa shape index (κ2) is 14.1. The lowest BCUT2D eigenvalue weighted by molar-refractivity contribution is -0.135. The van der Waals surface area contributed by atoms with Gasteiger partial charge in [-0.15, -0.1) is 0 Å². The highest BCUT2D eigenvalue weighted by molar-refractivity contribution is 7.20. The van der Waals surface area contributed by atoms with Crippen molar-refractivity contribution >= 4 is 46.1 Å². The van der Waals surface area contributed by atoms with E-state index in [9.17, 15) is 19.2 Å². The van der Waals surface area contributed by atoms with Gasteiger partial charge in [0.15, 0.2) is 10.8 Å². The molecule has 3 N–H and O–H groups in total. The minimum Gasteiger partial charge on any atom is -0.453 e. The number of nitrogens with one attached hydrogen (secondary N) is 3. The molecule has 50 heavy (non-hydrogen) atoms. The van der Waals surface area contributed by atoms with E-state index < -0.39 is 29.9 Å².